The van der Waals surface area contributed by atoms with Gasteiger partial charge >= 0.3 is 5.97 Å². The molecule has 0 heterocycles. The molecule has 2 rings (SSSR count). The third-order valence-electron chi connectivity index (χ3n) is 4.45. The predicted molar refractivity (Wildman–Crippen MR) is 80.8 cm³/mol. The molecule has 1 saturated carbocycles. The van der Waals surface area contributed by atoms with Crippen LogP contribution in [0.2, 0.25) is 0 Å². The fourth-order valence-corrected chi connectivity index (χ4v) is 3.16. The molecule has 1 aliphatic carbocycles. The van der Waals surface area contributed by atoms with Crippen molar-refractivity contribution in [2.75, 3.05) is 13.1 Å². The Bertz CT molecular complexity index is 418. The van der Waals surface area contributed by atoms with Gasteiger partial charge in [0.2, 0.25) is 0 Å². The highest BCUT2D eigenvalue weighted by atomic mass is 16.4. The summed E-state index contributed by atoms with van der Waals surface area (Å²) < 4.78 is 0. The van der Waals surface area contributed by atoms with Gasteiger partial charge in [-0.15, -0.1) is 0 Å². The number of rotatable bonds is 6. The monoisotopic (exact) mass is 275 g/mol. The number of benzene rings is 1. The highest BCUT2D eigenvalue weighted by Crippen LogP contribution is 2.29. The Labute approximate surface area is 121 Å². The Morgan fingerprint density at radius 1 is 1.30 bits per heavy atom. The summed E-state index contributed by atoms with van der Waals surface area (Å²) in [5.41, 5.74) is 1.33. The second-order valence-corrected chi connectivity index (χ2v) is 5.96. The summed E-state index contributed by atoms with van der Waals surface area (Å²) in [6, 6.07) is 10.4. The molecule has 1 fully saturated rings. The van der Waals surface area contributed by atoms with E-state index in [4.69, 9.17) is 0 Å². The van der Waals surface area contributed by atoms with Crippen molar-refractivity contribution in [1.29, 1.82) is 0 Å². The molecule has 0 aromatic heterocycles. The lowest BCUT2D eigenvalue weighted by Crippen LogP contribution is -2.35. The van der Waals surface area contributed by atoms with Gasteiger partial charge in [-0.2, -0.15) is 0 Å². The molecule has 1 aromatic carbocycles. The van der Waals surface area contributed by atoms with E-state index in [0.717, 1.165) is 32.4 Å². The zero-order valence-corrected chi connectivity index (χ0v) is 12.2. The minimum Gasteiger partial charge on any atom is -0.481 e. The zero-order chi connectivity index (χ0) is 14.4. The molecule has 0 bridgehead atoms. The maximum Gasteiger partial charge on any atom is 0.306 e. The topological polar surface area (TPSA) is 49.3 Å². The van der Waals surface area contributed by atoms with E-state index in [1.165, 1.54) is 12.0 Å². The SMILES string of the molecule is CC(CNCC1CCCCC1C(=O)O)c1ccccc1. The summed E-state index contributed by atoms with van der Waals surface area (Å²) in [5.74, 6) is -0.0109. The van der Waals surface area contributed by atoms with Gasteiger partial charge in [-0.1, -0.05) is 50.1 Å². The van der Waals surface area contributed by atoms with Crippen LogP contribution in [0.1, 0.15) is 44.1 Å². The smallest absolute Gasteiger partial charge is 0.306 e. The van der Waals surface area contributed by atoms with E-state index in [1.54, 1.807) is 0 Å². The van der Waals surface area contributed by atoms with Crippen LogP contribution in [0.3, 0.4) is 0 Å². The Kier molecular flexibility index (Phi) is 5.60. The molecule has 1 aliphatic rings. The van der Waals surface area contributed by atoms with E-state index >= 15 is 0 Å². The van der Waals surface area contributed by atoms with Gasteiger partial charge < -0.3 is 10.4 Å². The van der Waals surface area contributed by atoms with E-state index in [-0.39, 0.29) is 5.92 Å². The molecule has 110 valence electrons. The third kappa shape index (κ3) is 4.07. The van der Waals surface area contributed by atoms with Crippen LogP contribution in [0.4, 0.5) is 0 Å². The van der Waals surface area contributed by atoms with Crippen molar-refractivity contribution in [1.82, 2.24) is 5.32 Å². The number of carboxylic acids is 1. The highest BCUT2D eigenvalue weighted by molar-refractivity contribution is 5.70. The van der Waals surface area contributed by atoms with Crippen LogP contribution in [0.5, 0.6) is 0 Å². The summed E-state index contributed by atoms with van der Waals surface area (Å²) in [5, 5.41) is 12.7. The highest BCUT2D eigenvalue weighted by Gasteiger charge is 2.30. The molecule has 0 radical (unpaired) electrons. The number of carboxylic acid groups (broad SMARTS) is 1. The van der Waals surface area contributed by atoms with Crippen molar-refractivity contribution < 1.29 is 9.90 Å². The minimum atomic E-state index is -0.618. The zero-order valence-electron chi connectivity index (χ0n) is 12.2. The molecule has 0 saturated heterocycles. The van der Waals surface area contributed by atoms with Gasteiger partial charge in [-0.25, -0.2) is 0 Å². The number of carbonyl (C=O) groups is 1. The molecule has 0 amide bonds. The summed E-state index contributed by atoms with van der Waals surface area (Å²) in [4.78, 5) is 11.3. The van der Waals surface area contributed by atoms with Crippen LogP contribution < -0.4 is 5.32 Å². The molecule has 3 heteroatoms. The number of aliphatic carboxylic acids is 1. The fourth-order valence-electron chi connectivity index (χ4n) is 3.16. The summed E-state index contributed by atoms with van der Waals surface area (Å²) in [6.45, 7) is 3.94. The van der Waals surface area contributed by atoms with Crippen LogP contribution >= 0.6 is 0 Å². The van der Waals surface area contributed by atoms with E-state index in [1.807, 2.05) is 6.07 Å². The maximum atomic E-state index is 11.3. The number of hydrogen-bond donors (Lipinski definition) is 2. The molecular formula is C17H25NO2. The van der Waals surface area contributed by atoms with Crippen molar-refractivity contribution in [2.24, 2.45) is 11.8 Å². The Morgan fingerprint density at radius 3 is 2.70 bits per heavy atom. The number of nitrogens with one attached hydrogen (secondary N) is 1. The van der Waals surface area contributed by atoms with Gasteiger partial charge in [-0.3, -0.25) is 4.79 Å². The predicted octanol–water partition coefficient (Wildman–Crippen LogP) is 3.27. The molecule has 1 aromatic rings. The van der Waals surface area contributed by atoms with Crippen molar-refractivity contribution in [3.8, 4) is 0 Å². The van der Waals surface area contributed by atoms with Crippen LogP contribution in [0, 0.1) is 11.8 Å². The van der Waals surface area contributed by atoms with Crippen molar-refractivity contribution in [3.05, 3.63) is 35.9 Å². The Hall–Kier alpha value is -1.35. The molecule has 3 nitrogen and oxygen atoms in total. The average Bonchev–Trinajstić information content (AvgIpc) is 2.48. The summed E-state index contributed by atoms with van der Waals surface area (Å²) in [6.07, 6.45) is 4.12. The van der Waals surface area contributed by atoms with Gasteiger partial charge in [0.1, 0.15) is 0 Å². The second-order valence-electron chi connectivity index (χ2n) is 5.96. The Balaban J connectivity index is 1.78. The van der Waals surface area contributed by atoms with Gasteiger partial charge in [-0.05, 0) is 36.8 Å². The molecule has 20 heavy (non-hydrogen) atoms. The molecule has 2 N–H and O–H groups in total. The molecule has 0 aliphatic heterocycles. The molecule has 3 atom stereocenters. The summed E-state index contributed by atoms with van der Waals surface area (Å²) in [7, 11) is 0. The third-order valence-corrected chi connectivity index (χ3v) is 4.45. The lowest BCUT2D eigenvalue weighted by Gasteiger charge is -2.29. The second kappa shape index (κ2) is 7.44. The van der Waals surface area contributed by atoms with Crippen molar-refractivity contribution >= 4 is 5.97 Å². The Morgan fingerprint density at radius 2 is 2.00 bits per heavy atom. The van der Waals surface area contributed by atoms with Crippen LogP contribution in [0.25, 0.3) is 0 Å². The molecule has 3 unspecified atom stereocenters. The van der Waals surface area contributed by atoms with Gasteiger partial charge in [0.25, 0.3) is 0 Å². The number of hydrogen-bond acceptors (Lipinski definition) is 2. The first-order valence-electron chi connectivity index (χ1n) is 7.67. The van der Waals surface area contributed by atoms with E-state index < -0.39 is 5.97 Å². The van der Waals surface area contributed by atoms with Gasteiger partial charge in [0, 0.05) is 6.54 Å². The first-order valence-corrected chi connectivity index (χ1v) is 7.67. The largest absolute Gasteiger partial charge is 0.481 e. The van der Waals surface area contributed by atoms with Crippen LogP contribution in [-0.2, 0) is 4.79 Å². The van der Waals surface area contributed by atoms with Crippen LogP contribution in [-0.4, -0.2) is 24.2 Å². The normalized spacial score (nSPS) is 24.2. The first-order chi connectivity index (χ1) is 9.68. The fraction of sp³-hybridized carbons (Fsp3) is 0.588. The molecular weight excluding hydrogens is 250 g/mol. The van der Waals surface area contributed by atoms with Crippen molar-refractivity contribution in [2.45, 2.75) is 38.5 Å². The quantitative estimate of drug-likeness (QED) is 0.837. The van der Waals surface area contributed by atoms with Crippen molar-refractivity contribution in [3.63, 3.8) is 0 Å². The first kappa shape index (κ1) is 15.0. The van der Waals surface area contributed by atoms with Gasteiger partial charge in [0.05, 0.1) is 5.92 Å². The maximum absolute atomic E-state index is 11.3. The van der Waals surface area contributed by atoms with E-state index in [9.17, 15) is 9.90 Å². The lowest BCUT2D eigenvalue weighted by atomic mass is 9.79. The average molecular weight is 275 g/mol. The lowest BCUT2D eigenvalue weighted by molar-refractivity contribution is -0.144. The molecule has 0 spiro atoms. The minimum absolute atomic E-state index is 0.150. The van der Waals surface area contributed by atoms with Gasteiger partial charge in [0.15, 0.2) is 0 Å². The standard InChI is InChI=1S/C17H25NO2/c1-13(14-7-3-2-4-8-14)11-18-12-15-9-5-6-10-16(15)17(19)20/h2-4,7-8,13,15-16,18H,5-6,9-12H2,1H3,(H,19,20). The summed E-state index contributed by atoms with van der Waals surface area (Å²) >= 11 is 0. The van der Waals surface area contributed by atoms with E-state index in [0.29, 0.717) is 11.8 Å². The van der Waals surface area contributed by atoms with E-state index in [2.05, 4.69) is 36.5 Å². The van der Waals surface area contributed by atoms with Crippen LogP contribution in [0.15, 0.2) is 30.3 Å².